The largest absolute Gasteiger partial charge is 0.490 e. The number of rotatable bonds is 12. The number of hydrogen-bond donors (Lipinski definition) is 1. The Morgan fingerprint density at radius 1 is 0.944 bits per heavy atom. The number of carbonyl (C=O) groups excluding carboxylic acids is 1. The van der Waals surface area contributed by atoms with E-state index >= 15 is 0 Å². The summed E-state index contributed by atoms with van der Waals surface area (Å²) in [6, 6.07) is 22.9. The van der Waals surface area contributed by atoms with Crippen LogP contribution in [0.5, 0.6) is 17.2 Å². The lowest BCUT2D eigenvalue weighted by Gasteiger charge is -2.13. The third kappa shape index (κ3) is 7.20. The lowest BCUT2D eigenvalue weighted by molar-refractivity contribution is -0.116. The van der Waals surface area contributed by atoms with E-state index in [1.807, 2.05) is 79.7 Å². The Morgan fingerprint density at radius 2 is 1.75 bits per heavy atom. The van der Waals surface area contributed by atoms with Gasteiger partial charge in [-0.25, -0.2) is 9.67 Å². The average molecular weight is 485 g/mol. The standard InChI is InChI=1S/C28H28N4O4/c1-2-34-27-18-22(10-14-26(27)36-17-16-35-25-6-4-3-5-7-25)11-15-28(33)30-19-23-8-12-24(13-9-23)32-21-29-20-31-32/h3-15,18,20-21H,2,16-17,19H2,1H3,(H,30,33)/b15-11+. The van der Waals surface area contributed by atoms with Gasteiger partial charge in [0.05, 0.1) is 12.3 Å². The summed E-state index contributed by atoms with van der Waals surface area (Å²) in [5, 5.41) is 6.99. The first-order valence-corrected chi connectivity index (χ1v) is 11.7. The van der Waals surface area contributed by atoms with Crippen LogP contribution in [0.3, 0.4) is 0 Å². The summed E-state index contributed by atoms with van der Waals surface area (Å²) in [5.41, 5.74) is 2.72. The molecule has 8 heteroatoms. The van der Waals surface area contributed by atoms with Crippen molar-refractivity contribution in [3.8, 4) is 22.9 Å². The number of benzene rings is 3. The molecule has 1 N–H and O–H groups in total. The molecule has 36 heavy (non-hydrogen) atoms. The second-order valence-electron chi connectivity index (χ2n) is 7.71. The van der Waals surface area contributed by atoms with E-state index in [9.17, 15) is 4.79 Å². The molecule has 184 valence electrons. The Hall–Kier alpha value is -4.59. The maximum atomic E-state index is 12.3. The van der Waals surface area contributed by atoms with Crippen molar-refractivity contribution >= 4 is 12.0 Å². The normalized spacial score (nSPS) is 10.8. The zero-order valence-corrected chi connectivity index (χ0v) is 20.0. The van der Waals surface area contributed by atoms with Gasteiger partial charge in [-0.2, -0.15) is 5.10 Å². The molecule has 3 aromatic carbocycles. The predicted octanol–water partition coefficient (Wildman–Crippen LogP) is 4.45. The fourth-order valence-corrected chi connectivity index (χ4v) is 3.37. The first-order valence-electron chi connectivity index (χ1n) is 11.7. The summed E-state index contributed by atoms with van der Waals surface area (Å²) in [6.07, 6.45) is 6.37. The van der Waals surface area contributed by atoms with Gasteiger partial charge in [0.15, 0.2) is 11.5 Å². The number of carbonyl (C=O) groups is 1. The van der Waals surface area contributed by atoms with Crippen LogP contribution in [0.2, 0.25) is 0 Å². The van der Waals surface area contributed by atoms with Gasteiger partial charge in [-0.1, -0.05) is 36.4 Å². The van der Waals surface area contributed by atoms with Gasteiger partial charge in [0.1, 0.15) is 31.6 Å². The van der Waals surface area contributed by atoms with Crippen molar-refractivity contribution in [2.75, 3.05) is 19.8 Å². The lowest BCUT2D eigenvalue weighted by Crippen LogP contribution is -2.20. The highest BCUT2D eigenvalue weighted by molar-refractivity contribution is 5.91. The predicted molar refractivity (Wildman–Crippen MR) is 137 cm³/mol. The zero-order chi connectivity index (χ0) is 25.0. The number of aromatic nitrogens is 3. The molecule has 4 rings (SSSR count). The first kappa shape index (κ1) is 24.5. The third-order valence-electron chi connectivity index (χ3n) is 5.13. The van der Waals surface area contributed by atoms with Gasteiger partial charge >= 0.3 is 0 Å². The Balaban J connectivity index is 1.27. The summed E-state index contributed by atoms with van der Waals surface area (Å²) in [4.78, 5) is 16.3. The lowest BCUT2D eigenvalue weighted by atomic mass is 10.2. The van der Waals surface area contributed by atoms with Crippen LogP contribution in [0.1, 0.15) is 18.1 Å². The average Bonchev–Trinajstić information content (AvgIpc) is 3.46. The first-order chi connectivity index (χ1) is 17.7. The molecule has 0 aliphatic heterocycles. The maximum absolute atomic E-state index is 12.3. The second kappa shape index (κ2) is 12.8. The summed E-state index contributed by atoms with van der Waals surface area (Å²) >= 11 is 0. The molecule has 4 aromatic rings. The summed E-state index contributed by atoms with van der Waals surface area (Å²) in [6.45, 7) is 3.63. The minimum atomic E-state index is -0.188. The molecule has 0 fully saturated rings. The van der Waals surface area contributed by atoms with Crippen molar-refractivity contribution in [3.63, 3.8) is 0 Å². The summed E-state index contributed by atoms with van der Waals surface area (Å²) < 4.78 is 18.9. The van der Waals surface area contributed by atoms with Gasteiger partial charge < -0.3 is 19.5 Å². The Morgan fingerprint density at radius 3 is 2.50 bits per heavy atom. The number of amides is 1. The van der Waals surface area contributed by atoms with Crippen LogP contribution in [0.15, 0.2) is 91.5 Å². The van der Waals surface area contributed by atoms with E-state index in [1.165, 1.54) is 12.4 Å². The van der Waals surface area contributed by atoms with Crippen LogP contribution in [0.4, 0.5) is 0 Å². The van der Waals surface area contributed by atoms with Crippen LogP contribution in [0, 0.1) is 0 Å². The van der Waals surface area contributed by atoms with Gasteiger partial charge in [0.2, 0.25) is 5.91 Å². The molecule has 0 bridgehead atoms. The molecule has 1 amide bonds. The molecule has 1 aromatic heterocycles. The molecule has 0 aliphatic rings. The van der Waals surface area contributed by atoms with E-state index in [-0.39, 0.29) is 5.91 Å². The number of hydrogen-bond acceptors (Lipinski definition) is 6. The van der Waals surface area contributed by atoms with Crippen molar-refractivity contribution < 1.29 is 19.0 Å². The van der Waals surface area contributed by atoms with Crippen LogP contribution in [-0.4, -0.2) is 40.5 Å². The van der Waals surface area contributed by atoms with E-state index in [4.69, 9.17) is 14.2 Å². The Bertz CT molecular complexity index is 1260. The molecule has 0 aliphatic carbocycles. The highest BCUT2D eigenvalue weighted by Crippen LogP contribution is 2.29. The maximum Gasteiger partial charge on any atom is 0.244 e. The Kier molecular flexibility index (Phi) is 8.69. The highest BCUT2D eigenvalue weighted by atomic mass is 16.5. The van der Waals surface area contributed by atoms with Crippen molar-refractivity contribution in [1.82, 2.24) is 20.1 Å². The van der Waals surface area contributed by atoms with Crippen LogP contribution in [0.25, 0.3) is 11.8 Å². The molecule has 0 atom stereocenters. The van der Waals surface area contributed by atoms with Gasteiger partial charge in [0, 0.05) is 12.6 Å². The quantitative estimate of drug-likeness (QED) is 0.236. The highest BCUT2D eigenvalue weighted by Gasteiger charge is 2.07. The zero-order valence-electron chi connectivity index (χ0n) is 20.0. The van der Waals surface area contributed by atoms with E-state index in [2.05, 4.69) is 15.4 Å². The van der Waals surface area contributed by atoms with Crippen LogP contribution in [-0.2, 0) is 11.3 Å². The second-order valence-corrected chi connectivity index (χ2v) is 7.71. The smallest absolute Gasteiger partial charge is 0.244 e. The molecular formula is C28H28N4O4. The third-order valence-corrected chi connectivity index (χ3v) is 5.13. The fraction of sp³-hybridized carbons (Fsp3) is 0.179. The van der Waals surface area contributed by atoms with Gasteiger partial charge in [-0.05, 0) is 60.5 Å². The number of para-hydroxylation sites is 1. The van der Waals surface area contributed by atoms with Crippen molar-refractivity contribution in [1.29, 1.82) is 0 Å². The number of nitrogens with zero attached hydrogens (tertiary/aromatic N) is 3. The minimum absolute atomic E-state index is 0.188. The number of nitrogens with one attached hydrogen (secondary N) is 1. The molecule has 1 heterocycles. The molecule has 0 unspecified atom stereocenters. The van der Waals surface area contributed by atoms with E-state index in [0.717, 1.165) is 22.6 Å². The van der Waals surface area contributed by atoms with Crippen molar-refractivity contribution in [2.24, 2.45) is 0 Å². The van der Waals surface area contributed by atoms with Gasteiger partial charge in [-0.15, -0.1) is 0 Å². The van der Waals surface area contributed by atoms with E-state index in [1.54, 1.807) is 17.1 Å². The van der Waals surface area contributed by atoms with Gasteiger partial charge in [-0.3, -0.25) is 4.79 Å². The molecule has 0 spiro atoms. The SMILES string of the molecule is CCOc1cc(/C=C/C(=O)NCc2ccc(-n3cncn3)cc2)ccc1OCCOc1ccccc1. The fourth-order valence-electron chi connectivity index (χ4n) is 3.37. The van der Waals surface area contributed by atoms with Crippen molar-refractivity contribution in [2.45, 2.75) is 13.5 Å². The number of ether oxygens (including phenoxy) is 3. The molecule has 8 nitrogen and oxygen atoms in total. The summed E-state index contributed by atoms with van der Waals surface area (Å²) in [5.74, 6) is 1.86. The van der Waals surface area contributed by atoms with E-state index < -0.39 is 0 Å². The van der Waals surface area contributed by atoms with Crippen molar-refractivity contribution in [3.05, 3.63) is 103 Å². The monoisotopic (exact) mass is 484 g/mol. The Labute approximate surface area is 210 Å². The molecular weight excluding hydrogens is 456 g/mol. The molecule has 0 saturated heterocycles. The summed E-state index contributed by atoms with van der Waals surface area (Å²) in [7, 11) is 0. The topological polar surface area (TPSA) is 87.5 Å². The minimum Gasteiger partial charge on any atom is -0.490 e. The van der Waals surface area contributed by atoms with E-state index in [0.29, 0.717) is 37.9 Å². The van der Waals surface area contributed by atoms with Crippen LogP contribution < -0.4 is 19.5 Å². The molecule has 0 radical (unpaired) electrons. The molecule has 0 saturated carbocycles. The van der Waals surface area contributed by atoms with Gasteiger partial charge in [0.25, 0.3) is 0 Å². The van der Waals surface area contributed by atoms with Crippen LogP contribution >= 0.6 is 0 Å².